The number of likely N-dealkylation sites (tertiary alicyclic amines) is 2. The number of hydrogen-bond donors (Lipinski definition) is 0. The summed E-state index contributed by atoms with van der Waals surface area (Å²) in [5.41, 5.74) is 2.26. The molecular formula is C22H30N4O2. The Morgan fingerprint density at radius 2 is 1.82 bits per heavy atom. The second-order valence-corrected chi connectivity index (χ2v) is 8.30. The summed E-state index contributed by atoms with van der Waals surface area (Å²) >= 11 is 0. The van der Waals surface area contributed by atoms with Crippen LogP contribution in [0.4, 0.5) is 0 Å². The molecule has 0 aliphatic carbocycles. The minimum Gasteiger partial charge on any atom is -0.341 e. The van der Waals surface area contributed by atoms with E-state index in [1.54, 1.807) is 0 Å². The molecule has 1 amide bonds. The van der Waals surface area contributed by atoms with Crippen molar-refractivity contribution in [3.8, 4) is 11.4 Å². The van der Waals surface area contributed by atoms with Gasteiger partial charge in [0.2, 0.25) is 17.6 Å². The quantitative estimate of drug-likeness (QED) is 0.786. The predicted octanol–water partition coefficient (Wildman–Crippen LogP) is 3.84. The molecule has 0 saturated carbocycles. The Hall–Kier alpha value is -2.21. The zero-order valence-electron chi connectivity index (χ0n) is 16.9. The second kappa shape index (κ2) is 8.43. The van der Waals surface area contributed by atoms with Crippen LogP contribution in [0.25, 0.3) is 11.4 Å². The predicted molar refractivity (Wildman–Crippen MR) is 108 cm³/mol. The topological polar surface area (TPSA) is 62.5 Å². The highest BCUT2D eigenvalue weighted by Gasteiger charge is 2.33. The van der Waals surface area contributed by atoms with Crippen molar-refractivity contribution >= 4 is 5.91 Å². The van der Waals surface area contributed by atoms with Gasteiger partial charge in [-0.15, -0.1) is 0 Å². The van der Waals surface area contributed by atoms with Crippen LogP contribution >= 0.6 is 0 Å². The Labute approximate surface area is 166 Å². The summed E-state index contributed by atoms with van der Waals surface area (Å²) in [5.74, 6) is 1.98. The second-order valence-electron chi connectivity index (χ2n) is 8.30. The van der Waals surface area contributed by atoms with E-state index in [0.29, 0.717) is 24.2 Å². The molecule has 2 fully saturated rings. The highest BCUT2D eigenvalue weighted by Crippen LogP contribution is 2.24. The molecule has 3 heterocycles. The molecule has 1 aromatic carbocycles. The average molecular weight is 383 g/mol. The number of piperidine rings is 1. The van der Waals surface area contributed by atoms with Crippen LogP contribution in [0.5, 0.6) is 0 Å². The summed E-state index contributed by atoms with van der Waals surface area (Å²) in [5, 5.41) is 4.17. The van der Waals surface area contributed by atoms with Gasteiger partial charge in [0.05, 0.1) is 12.6 Å². The van der Waals surface area contributed by atoms with Gasteiger partial charge in [-0.3, -0.25) is 9.69 Å². The Morgan fingerprint density at radius 1 is 1.11 bits per heavy atom. The van der Waals surface area contributed by atoms with Gasteiger partial charge in [0.15, 0.2) is 0 Å². The SMILES string of the molecule is CC(C)c1ccc(-c2noc(CN3CCCCC3C(=O)N3CCCC3)n2)cc1. The summed E-state index contributed by atoms with van der Waals surface area (Å²) in [6.07, 6.45) is 5.40. The van der Waals surface area contributed by atoms with Crippen LogP contribution in [-0.4, -0.2) is 51.5 Å². The molecule has 1 unspecified atom stereocenters. The molecule has 4 rings (SSSR count). The van der Waals surface area contributed by atoms with Crippen LogP contribution in [-0.2, 0) is 11.3 Å². The van der Waals surface area contributed by atoms with Crippen molar-refractivity contribution in [1.82, 2.24) is 19.9 Å². The summed E-state index contributed by atoms with van der Waals surface area (Å²) < 4.78 is 5.53. The number of aromatic nitrogens is 2. The zero-order valence-corrected chi connectivity index (χ0v) is 16.9. The first-order valence-electron chi connectivity index (χ1n) is 10.6. The largest absolute Gasteiger partial charge is 0.341 e. The first kappa shape index (κ1) is 19.1. The van der Waals surface area contributed by atoms with Gasteiger partial charge >= 0.3 is 0 Å². The number of rotatable bonds is 5. The van der Waals surface area contributed by atoms with Gasteiger partial charge in [-0.1, -0.05) is 49.7 Å². The third-order valence-corrected chi connectivity index (χ3v) is 5.96. The van der Waals surface area contributed by atoms with E-state index in [4.69, 9.17) is 4.52 Å². The number of amides is 1. The zero-order chi connectivity index (χ0) is 19.5. The number of carbonyl (C=O) groups is 1. The maximum atomic E-state index is 12.9. The smallest absolute Gasteiger partial charge is 0.241 e. The standard InChI is InChI=1S/C22H30N4O2/c1-16(2)17-8-10-18(11-9-17)21-23-20(28-24-21)15-26-14-4-3-7-19(26)22(27)25-12-5-6-13-25/h8-11,16,19H,3-7,12-15H2,1-2H3. The van der Waals surface area contributed by atoms with E-state index in [2.05, 4.69) is 41.0 Å². The molecule has 150 valence electrons. The minimum atomic E-state index is -0.0486. The molecule has 1 atom stereocenters. The molecule has 6 heteroatoms. The molecule has 1 aromatic heterocycles. The lowest BCUT2D eigenvalue weighted by molar-refractivity contribution is -0.137. The van der Waals surface area contributed by atoms with E-state index in [0.717, 1.165) is 57.3 Å². The van der Waals surface area contributed by atoms with Crippen LogP contribution in [0.3, 0.4) is 0 Å². The maximum Gasteiger partial charge on any atom is 0.241 e. The molecule has 0 N–H and O–H groups in total. The Kier molecular flexibility index (Phi) is 5.76. The van der Waals surface area contributed by atoms with Gasteiger partial charge < -0.3 is 9.42 Å². The fourth-order valence-corrected chi connectivity index (χ4v) is 4.24. The minimum absolute atomic E-state index is 0.0486. The van der Waals surface area contributed by atoms with Crippen LogP contribution < -0.4 is 0 Å². The van der Waals surface area contributed by atoms with Crippen LogP contribution in [0.2, 0.25) is 0 Å². The molecule has 6 nitrogen and oxygen atoms in total. The van der Waals surface area contributed by atoms with E-state index in [1.165, 1.54) is 5.56 Å². The Balaban J connectivity index is 1.45. The van der Waals surface area contributed by atoms with Crippen molar-refractivity contribution in [3.05, 3.63) is 35.7 Å². The van der Waals surface area contributed by atoms with Crippen molar-refractivity contribution in [2.24, 2.45) is 0 Å². The molecule has 2 aliphatic rings. The fraction of sp³-hybridized carbons (Fsp3) is 0.591. The number of nitrogens with zero attached hydrogens (tertiary/aromatic N) is 4. The maximum absolute atomic E-state index is 12.9. The van der Waals surface area contributed by atoms with Gasteiger partial charge in [-0.05, 0) is 43.7 Å². The van der Waals surface area contributed by atoms with Crippen LogP contribution in [0.15, 0.2) is 28.8 Å². The molecule has 2 aliphatic heterocycles. The van der Waals surface area contributed by atoms with E-state index >= 15 is 0 Å². The first-order chi connectivity index (χ1) is 13.6. The van der Waals surface area contributed by atoms with E-state index in [-0.39, 0.29) is 11.9 Å². The van der Waals surface area contributed by atoms with Gasteiger partial charge in [-0.25, -0.2) is 0 Å². The monoisotopic (exact) mass is 382 g/mol. The molecule has 2 aromatic rings. The average Bonchev–Trinajstić information content (AvgIpc) is 3.40. The Bertz CT molecular complexity index is 793. The summed E-state index contributed by atoms with van der Waals surface area (Å²) in [6.45, 7) is 7.62. The highest BCUT2D eigenvalue weighted by atomic mass is 16.5. The van der Waals surface area contributed by atoms with E-state index < -0.39 is 0 Å². The number of hydrogen-bond acceptors (Lipinski definition) is 5. The molecular weight excluding hydrogens is 352 g/mol. The van der Waals surface area contributed by atoms with Gasteiger partial charge in [-0.2, -0.15) is 4.98 Å². The summed E-state index contributed by atoms with van der Waals surface area (Å²) in [4.78, 5) is 21.8. The lowest BCUT2D eigenvalue weighted by Crippen LogP contribution is -2.49. The molecule has 0 bridgehead atoms. The van der Waals surface area contributed by atoms with Crippen molar-refractivity contribution in [1.29, 1.82) is 0 Å². The Morgan fingerprint density at radius 3 is 2.54 bits per heavy atom. The van der Waals surface area contributed by atoms with E-state index in [1.807, 2.05) is 17.0 Å². The summed E-state index contributed by atoms with van der Waals surface area (Å²) in [7, 11) is 0. The fourth-order valence-electron chi connectivity index (χ4n) is 4.24. The van der Waals surface area contributed by atoms with E-state index in [9.17, 15) is 4.79 Å². The lowest BCUT2D eigenvalue weighted by atomic mass is 10.0. The van der Waals surface area contributed by atoms with Crippen molar-refractivity contribution in [2.45, 2.75) is 64.5 Å². The highest BCUT2D eigenvalue weighted by molar-refractivity contribution is 5.82. The van der Waals surface area contributed by atoms with Crippen LogP contribution in [0.1, 0.15) is 63.3 Å². The van der Waals surface area contributed by atoms with Crippen molar-refractivity contribution in [3.63, 3.8) is 0 Å². The van der Waals surface area contributed by atoms with Gasteiger partial charge in [0.25, 0.3) is 0 Å². The summed E-state index contributed by atoms with van der Waals surface area (Å²) in [6, 6.07) is 8.28. The third kappa shape index (κ3) is 4.12. The molecule has 2 saturated heterocycles. The number of carbonyl (C=O) groups excluding carboxylic acids is 1. The first-order valence-corrected chi connectivity index (χ1v) is 10.6. The normalized spacial score (nSPS) is 20.8. The van der Waals surface area contributed by atoms with Gasteiger partial charge in [0, 0.05) is 18.7 Å². The molecule has 0 spiro atoms. The van der Waals surface area contributed by atoms with Gasteiger partial charge in [0.1, 0.15) is 0 Å². The van der Waals surface area contributed by atoms with Crippen molar-refractivity contribution < 1.29 is 9.32 Å². The third-order valence-electron chi connectivity index (χ3n) is 5.96. The lowest BCUT2D eigenvalue weighted by Gasteiger charge is -2.35. The van der Waals surface area contributed by atoms with Crippen molar-refractivity contribution in [2.75, 3.05) is 19.6 Å². The molecule has 0 radical (unpaired) electrons. The van der Waals surface area contributed by atoms with Crippen LogP contribution in [0, 0.1) is 0 Å². The molecule has 28 heavy (non-hydrogen) atoms. The number of benzene rings is 1.